The lowest BCUT2D eigenvalue weighted by Gasteiger charge is -2.30. The van der Waals surface area contributed by atoms with E-state index in [0.29, 0.717) is 22.7 Å². The summed E-state index contributed by atoms with van der Waals surface area (Å²) in [5.41, 5.74) is 2.00. The van der Waals surface area contributed by atoms with E-state index < -0.39 is 18.1 Å². The molecule has 2 fully saturated rings. The van der Waals surface area contributed by atoms with Crippen molar-refractivity contribution in [1.29, 1.82) is 0 Å². The molecular weight excluding hydrogens is 456 g/mol. The van der Waals surface area contributed by atoms with Gasteiger partial charge in [0.05, 0.1) is 25.6 Å². The number of carbonyl (C=O) groups is 2. The maximum absolute atomic E-state index is 14.1. The number of amides is 2. The topological polar surface area (TPSA) is 68.3 Å². The van der Waals surface area contributed by atoms with Crippen LogP contribution in [0.2, 0.25) is 0 Å². The van der Waals surface area contributed by atoms with Crippen LogP contribution in [0.25, 0.3) is 10.8 Å². The number of hydrogen-bond acceptors (Lipinski definition) is 6. The first-order chi connectivity index (χ1) is 17.6. The lowest BCUT2D eigenvalue weighted by molar-refractivity contribution is -0.126. The molecule has 4 aromatic rings. The number of fused-ring (bicyclic) bond motifs is 2. The molecule has 0 saturated carbocycles. The minimum Gasteiger partial charge on any atom is -0.493 e. The van der Waals surface area contributed by atoms with E-state index in [9.17, 15) is 9.59 Å². The highest BCUT2D eigenvalue weighted by molar-refractivity contribution is 6.26. The Morgan fingerprint density at radius 3 is 2.25 bits per heavy atom. The summed E-state index contributed by atoms with van der Waals surface area (Å²) < 4.78 is 11.3. The first-order valence-electron chi connectivity index (χ1n) is 11.7. The third kappa shape index (κ3) is 3.24. The van der Waals surface area contributed by atoms with E-state index in [1.807, 2.05) is 78.9 Å². The molecule has 0 aromatic heterocycles. The molecule has 2 heterocycles. The average molecular weight is 481 g/mol. The second-order valence-corrected chi connectivity index (χ2v) is 8.75. The van der Waals surface area contributed by atoms with Gasteiger partial charge in [0.1, 0.15) is 12.0 Å². The predicted octanol–water partition coefficient (Wildman–Crippen LogP) is 4.91. The molecule has 0 radical (unpaired) electrons. The summed E-state index contributed by atoms with van der Waals surface area (Å²) in [6, 6.07) is 27.7. The van der Waals surface area contributed by atoms with Crippen LogP contribution in [-0.4, -0.2) is 32.1 Å². The van der Waals surface area contributed by atoms with Crippen molar-refractivity contribution in [3.05, 3.63) is 96.6 Å². The van der Waals surface area contributed by atoms with Crippen molar-refractivity contribution in [1.82, 2.24) is 0 Å². The van der Waals surface area contributed by atoms with Gasteiger partial charge in [0.25, 0.3) is 5.91 Å². The van der Waals surface area contributed by atoms with Crippen LogP contribution in [-0.2, 0) is 14.4 Å². The number of methoxy groups -OCH3 is 2. The van der Waals surface area contributed by atoms with Gasteiger partial charge in [0.2, 0.25) is 5.91 Å². The Balaban J connectivity index is 1.50. The van der Waals surface area contributed by atoms with Crippen molar-refractivity contribution in [2.75, 3.05) is 24.2 Å². The number of benzene rings is 4. The molecule has 6 rings (SSSR count). The number of rotatable bonds is 5. The molecule has 2 amide bonds. The molecule has 0 bridgehead atoms. The summed E-state index contributed by atoms with van der Waals surface area (Å²) in [6.45, 7) is 0. The molecular formula is C29H24N2O5. The average Bonchev–Trinajstić information content (AvgIpc) is 3.43. The molecule has 7 heteroatoms. The summed E-state index contributed by atoms with van der Waals surface area (Å²) in [7, 11) is 3.13. The molecule has 0 spiro atoms. The van der Waals surface area contributed by atoms with Crippen LogP contribution in [0.15, 0.2) is 91.0 Å². The number of hydroxylamine groups is 1. The molecule has 3 atom stereocenters. The van der Waals surface area contributed by atoms with Crippen molar-refractivity contribution in [2.45, 2.75) is 12.1 Å². The number of hydrogen-bond donors (Lipinski definition) is 0. The van der Waals surface area contributed by atoms with Crippen LogP contribution in [0.1, 0.15) is 11.6 Å². The van der Waals surface area contributed by atoms with Crippen LogP contribution in [0.4, 0.5) is 11.4 Å². The van der Waals surface area contributed by atoms with Crippen LogP contribution < -0.4 is 19.4 Å². The van der Waals surface area contributed by atoms with Gasteiger partial charge < -0.3 is 9.47 Å². The third-order valence-corrected chi connectivity index (χ3v) is 6.89. The fourth-order valence-corrected chi connectivity index (χ4v) is 5.31. The maximum Gasteiger partial charge on any atom is 0.266 e. The van der Waals surface area contributed by atoms with Crippen LogP contribution in [0.5, 0.6) is 11.5 Å². The molecule has 0 N–H and O–H groups in total. The Hall–Kier alpha value is -4.36. The molecule has 2 saturated heterocycles. The Kier molecular flexibility index (Phi) is 5.34. The van der Waals surface area contributed by atoms with Gasteiger partial charge in [-0.2, -0.15) is 0 Å². The number of nitrogens with zero attached hydrogens (tertiary/aromatic N) is 2. The molecule has 180 valence electrons. The van der Waals surface area contributed by atoms with E-state index in [4.69, 9.17) is 14.3 Å². The van der Waals surface area contributed by atoms with Crippen LogP contribution >= 0.6 is 0 Å². The van der Waals surface area contributed by atoms with Gasteiger partial charge in [-0.25, -0.2) is 9.96 Å². The molecule has 4 aromatic carbocycles. The fraction of sp³-hybridized carbons (Fsp3) is 0.172. The first kappa shape index (κ1) is 22.1. The SMILES string of the molecule is COc1cccc([C@H]2[C@@H]3C(=O)N(c4cccc5ccccc45)C(=O)[C@H]3ON2c2ccccc2)c1OC. The molecule has 2 aliphatic heterocycles. The third-order valence-electron chi connectivity index (χ3n) is 6.89. The van der Waals surface area contributed by atoms with Crippen molar-refractivity contribution in [3.63, 3.8) is 0 Å². The van der Waals surface area contributed by atoms with Gasteiger partial charge in [-0.05, 0) is 29.7 Å². The minimum atomic E-state index is -0.974. The molecule has 0 aliphatic carbocycles. The minimum absolute atomic E-state index is 0.311. The zero-order valence-corrected chi connectivity index (χ0v) is 19.8. The Morgan fingerprint density at radius 2 is 1.47 bits per heavy atom. The van der Waals surface area contributed by atoms with Gasteiger partial charge in [0, 0.05) is 10.9 Å². The zero-order valence-electron chi connectivity index (χ0n) is 19.8. The molecule has 36 heavy (non-hydrogen) atoms. The van der Waals surface area contributed by atoms with Crippen molar-refractivity contribution < 1.29 is 23.9 Å². The van der Waals surface area contributed by atoms with Gasteiger partial charge in [-0.15, -0.1) is 0 Å². The maximum atomic E-state index is 14.1. The monoisotopic (exact) mass is 480 g/mol. The van der Waals surface area contributed by atoms with Crippen molar-refractivity contribution in [2.24, 2.45) is 5.92 Å². The summed E-state index contributed by atoms with van der Waals surface area (Å²) >= 11 is 0. The van der Waals surface area contributed by atoms with E-state index in [2.05, 4.69) is 0 Å². The second-order valence-electron chi connectivity index (χ2n) is 8.75. The van der Waals surface area contributed by atoms with Gasteiger partial charge in [0.15, 0.2) is 17.6 Å². The summed E-state index contributed by atoms with van der Waals surface area (Å²) in [4.78, 5) is 35.4. The fourth-order valence-electron chi connectivity index (χ4n) is 5.31. The molecule has 7 nitrogen and oxygen atoms in total. The summed E-state index contributed by atoms with van der Waals surface area (Å²) in [5, 5.41) is 3.44. The number of carbonyl (C=O) groups excluding carboxylic acids is 2. The lowest BCUT2D eigenvalue weighted by Crippen LogP contribution is -2.37. The van der Waals surface area contributed by atoms with Crippen LogP contribution in [0.3, 0.4) is 0 Å². The van der Waals surface area contributed by atoms with E-state index >= 15 is 0 Å². The van der Waals surface area contributed by atoms with Crippen molar-refractivity contribution in [3.8, 4) is 11.5 Å². The Morgan fingerprint density at radius 1 is 0.750 bits per heavy atom. The van der Waals surface area contributed by atoms with Gasteiger partial charge >= 0.3 is 0 Å². The zero-order chi connectivity index (χ0) is 24.8. The highest BCUT2D eigenvalue weighted by atomic mass is 16.7. The Labute approximate surface area is 208 Å². The van der Waals surface area contributed by atoms with E-state index in [-0.39, 0.29) is 11.8 Å². The highest BCUT2D eigenvalue weighted by Crippen LogP contribution is 2.51. The number of anilines is 2. The van der Waals surface area contributed by atoms with Gasteiger partial charge in [-0.1, -0.05) is 66.7 Å². The number of ether oxygens (including phenoxy) is 2. The van der Waals surface area contributed by atoms with E-state index in [1.54, 1.807) is 31.4 Å². The largest absolute Gasteiger partial charge is 0.493 e. The molecule has 2 aliphatic rings. The predicted molar refractivity (Wildman–Crippen MR) is 136 cm³/mol. The summed E-state index contributed by atoms with van der Waals surface area (Å²) in [6.07, 6.45) is -0.974. The van der Waals surface area contributed by atoms with Crippen LogP contribution in [0, 0.1) is 5.92 Å². The quantitative estimate of drug-likeness (QED) is 0.378. The van der Waals surface area contributed by atoms with E-state index in [1.165, 1.54) is 4.90 Å². The molecule has 0 unspecified atom stereocenters. The standard InChI is InChI=1S/C29H24N2O5/c1-34-23-17-9-15-21(26(23)35-2)25-24-27(36-31(25)19-12-4-3-5-13-19)29(33)30(28(24)32)22-16-8-11-18-10-6-7-14-20(18)22/h3-17,24-25,27H,1-2H3/t24-,25-,27-/m0/s1. The number of imide groups is 1. The Bertz CT molecular complexity index is 1470. The highest BCUT2D eigenvalue weighted by Gasteiger charge is 2.61. The number of para-hydroxylation sites is 2. The van der Waals surface area contributed by atoms with Gasteiger partial charge in [-0.3, -0.25) is 14.4 Å². The van der Waals surface area contributed by atoms with E-state index in [0.717, 1.165) is 16.5 Å². The lowest BCUT2D eigenvalue weighted by atomic mass is 9.89. The second kappa shape index (κ2) is 8.70. The van der Waals surface area contributed by atoms with Crippen molar-refractivity contribution >= 4 is 34.0 Å². The normalized spacial score (nSPS) is 21.2. The smallest absolute Gasteiger partial charge is 0.266 e. The summed E-state index contributed by atoms with van der Waals surface area (Å²) in [5.74, 6) is -0.438. The first-order valence-corrected chi connectivity index (χ1v) is 11.7.